The van der Waals surface area contributed by atoms with Crippen molar-refractivity contribution in [2.75, 3.05) is 0 Å². The third kappa shape index (κ3) is 2.95. The van der Waals surface area contributed by atoms with Crippen LogP contribution in [-0.2, 0) is 4.79 Å². The highest BCUT2D eigenvalue weighted by Gasteiger charge is 2.21. The summed E-state index contributed by atoms with van der Waals surface area (Å²) in [6.07, 6.45) is 6.46. The number of carboxylic acid groups (broad SMARTS) is 1. The van der Waals surface area contributed by atoms with Crippen molar-refractivity contribution < 1.29 is 15.0 Å². The standard InChI is InChI=1S/C9H14N2O3/c10-7(8(12)13)5-6-1-3-9(11,14)4-2-6/h1-4,6-7,14H,5,10-11H2,(H,12,13). The summed E-state index contributed by atoms with van der Waals surface area (Å²) in [6, 6.07) is -0.890. The van der Waals surface area contributed by atoms with Gasteiger partial charge in [0.05, 0.1) is 0 Å². The highest BCUT2D eigenvalue weighted by Crippen LogP contribution is 2.18. The van der Waals surface area contributed by atoms with E-state index in [1.807, 2.05) is 0 Å². The van der Waals surface area contributed by atoms with Crippen molar-refractivity contribution in [1.82, 2.24) is 0 Å². The fraction of sp³-hybridized carbons (Fsp3) is 0.444. The first-order chi connectivity index (χ1) is 6.41. The molecule has 0 fully saturated rings. The summed E-state index contributed by atoms with van der Waals surface area (Å²) in [5.41, 5.74) is 9.31. The maximum Gasteiger partial charge on any atom is 0.320 e. The van der Waals surface area contributed by atoms with Crippen molar-refractivity contribution in [1.29, 1.82) is 0 Å². The van der Waals surface area contributed by atoms with E-state index in [1.165, 1.54) is 12.2 Å². The third-order valence-electron chi connectivity index (χ3n) is 2.06. The average Bonchev–Trinajstić information content (AvgIpc) is 2.08. The highest BCUT2D eigenvalue weighted by atomic mass is 16.4. The van der Waals surface area contributed by atoms with E-state index < -0.39 is 17.7 Å². The van der Waals surface area contributed by atoms with Gasteiger partial charge in [-0.05, 0) is 24.5 Å². The Bertz CT molecular complexity index is 268. The predicted molar refractivity (Wildman–Crippen MR) is 51.1 cm³/mol. The molecule has 1 rings (SSSR count). The summed E-state index contributed by atoms with van der Waals surface area (Å²) in [5.74, 6) is -1.11. The van der Waals surface area contributed by atoms with Crippen LogP contribution >= 0.6 is 0 Å². The molecule has 1 aliphatic carbocycles. The first kappa shape index (κ1) is 10.9. The van der Waals surface area contributed by atoms with Gasteiger partial charge in [0.15, 0.2) is 5.72 Å². The van der Waals surface area contributed by atoms with Gasteiger partial charge < -0.3 is 15.9 Å². The van der Waals surface area contributed by atoms with E-state index in [1.54, 1.807) is 12.2 Å². The number of rotatable bonds is 3. The maximum atomic E-state index is 10.5. The van der Waals surface area contributed by atoms with Gasteiger partial charge in [0, 0.05) is 0 Å². The molecule has 0 spiro atoms. The molecule has 0 aromatic rings. The third-order valence-corrected chi connectivity index (χ3v) is 2.06. The average molecular weight is 198 g/mol. The number of aliphatic carboxylic acids is 1. The Labute approximate surface area is 81.7 Å². The lowest BCUT2D eigenvalue weighted by Crippen LogP contribution is -2.37. The second-order valence-electron chi connectivity index (χ2n) is 3.45. The molecule has 0 bridgehead atoms. The zero-order valence-electron chi connectivity index (χ0n) is 7.63. The normalized spacial score (nSPS) is 32.9. The Balaban J connectivity index is 2.51. The quantitative estimate of drug-likeness (QED) is 0.350. The number of nitrogens with two attached hydrogens (primary N) is 2. The minimum atomic E-state index is -1.41. The van der Waals surface area contributed by atoms with Crippen molar-refractivity contribution in [3.05, 3.63) is 24.3 Å². The smallest absolute Gasteiger partial charge is 0.320 e. The fourth-order valence-corrected chi connectivity index (χ4v) is 1.23. The van der Waals surface area contributed by atoms with Gasteiger partial charge in [-0.15, -0.1) is 0 Å². The Kier molecular flexibility index (Phi) is 3.05. The largest absolute Gasteiger partial charge is 0.480 e. The van der Waals surface area contributed by atoms with Crippen LogP contribution in [0.2, 0.25) is 0 Å². The van der Waals surface area contributed by atoms with Crippen molar-refractivity contribution in [3.8, 4) is 0 Å². The lowest BCUT2D eigenvalue weighted by molar-refractivity contribution is -0.138. The molecule has 0 aromatic carbocycles. The van der Waals surface area contributed by atoms with Gasteiger partial charge in [-0.1, -0.05) is 12.2 Å². The van der Waals surface area contributed by atoms with Gasteiger partial charge in [0.25, 0.3) is 0 Å². The van der Waals surface area contributed by atoms with Crippen LogP contribution in [0.15, 0.2) is 24.3 Å². The van der Waals surface area contributed by atoms with E-state index in [-0.39, 0.29) is 5.92 Å². The van der Waals surface area contributed by atoms with E-state index in [9.17, 15) is 9.90 Å². The molecule has 0 radical (unpaired) electrons. The second kappa shape index (κ2) is 3.91. The molecule has 1 unspecified atom stereocenters. The Morgan fingerprint density at radius 3 is 2.43 bits per heavy atom. The SMILES string of the molecule is NC(CC1C=CC(N)(O)C=C1)C(=O)O. The molecule has 14 heavy (non-hydrogen) atoms. The number of allylic oxidation sites excluding steroid dienone is 2. The number of carbonyl (C=O) groups is 1. The molecule has 5 heteroatoms. The predicted octanol–water partition coefficient (Wildman–Crippen LogP) is -0.822. The number of aliphatic hydroxyl groups is 1. The zero-order chi connectivity index (χ0) is 10.8. The molecule has 5 nitrogen and oxygen atoms in total. The maximum absolute atomic E-state index is 10.5. The van der Waals surface area contributed by atoms with E-state index in [4.69, 9.17) is 16.6 Å². The van der Waals surface area contributed by atoms with Crippen LogP contribution in [0.5, 0.6) is 0 Å². The van der Waals surface area contributed by atoms with Crippen molar-refractivity contribution in [3.63, 3.8) is 0 Å². The minimum absolute atomic E-state index is 0.0788. The van der Waals surface area contributed by atoms with Gasteiger partial charge in [0.1, 0.15) is 6.04 Å². The molecule has 78 valence electrons. The number of carboxylic acids is 1. The molecular weight excluding hydrogens is 184 g/mol. The molecular formula is C9H14N2O3. The zero-order valence-corrected chi connectivity index (χ0v) is 7.63. The van der Waals surface area contributed by atoms with E-state index >= 15 is 0 Å². The van der Waals surface area contributed by atoms with Gasteiger partial charge in [-0.25, -0.2) is 0 Å². The molecule has 0 heterocycles. The Morgan fingerprint density at radius 1 is 1.50 bits per heavy atom. The summed E-state index contributed by atoms with van der Waals surface area (Å²) < 4.78 is 0. The molecule has 1 aliphatic rings. The van der Waals surface area contributed by atoms with Crippen LogP contribution in [0.4, 0.5) is 0 Å². The van der Waals surface area contributed by atoms with E-state index in [2.05, 4.69) is 0 Å². The van der Waals surface area contributed by atoms with Gasteiger partial charge in [-0.2, -0.15) is 0 Å². The van der Waals surface area contributed by atoms with Crippen LogP contribution in [0.1, 0.15) is 6.42 Å². The van der Waals surface area contributed by atoms with Crippen LogP contribution in [0.3, 0.4) is 0 Å². The summed E-state index contributed by atoms with van der Waals surface area (Å²) >= 11 is 0. The summed E-state index contributed by atoms with van der Waals surface area (Å²) in [5, 5.41) is 17.9. The van der Waals surface area contributed by atoms with Crippen LogP contribution in [0, 0.1) is 5.92 Å². The Morgan fingerprint density at radius 2 is 2.00 bits per heavy atom. The Hall–Kier alpha value is -1.17. The lowest BCUT2D eigenvalue weighted by atomic mass is 9.93. The topological polar surface area (TPSA) is 110 Å². The number of hydrogen-bond donors (Lipinski definition) is 4. The summed E-state index contributed by atoms with van der Waals surface area (Å²) in [4.78, 5) is 10.5. The highest BCUT2D eigenvalue weighted by molar-refractivity contribution is 5.73. The van der Waals surface area contributed by atoms with Crippen molar-refractivity contribution >= 4 is 5.97 Å². The van der Waals surface area contributed by atoms with Gasteiger partial charge in [-0.3, -0.25) is 10.5 Å². The lowest BCUT2D eigenvalue weighted by Gasteiger charge is -2.21. The van der Waals surface area contributed by atoms with E-state index in [0.717, 1.165) is 0 Å². The van der Waals surface area contributed by atoms with Gasteiger partial charge in [0.2, 0.25) is 0 Å². The monoisotopic (exact) mass is 198 g/mol. The first-order valence-corrected chi connectivity index (χ1v) is 4.29. The molecule has 1 atom stereocenters. The van der Waals surface area contributed by atoms with E-state index in [0.29, 0.717) is 6.42 Å². The second-order valence-corrected chi connectivity index (χ2v) is 3.45. The van der Waals surface area contributed by atoms with Gasteiger partial charge >= 0.3 is 5.97 Å². The molecule has 0 aromatic heterocycles. The molecule has 0 saturated carbocycles. The molecule has 0 amide bonds. The minimum Gasteiger partial charge on any atom is -0.480 e. The van der Waals surface area contributed by atoms with Crippen LogP contribution in [-0.4, -0.2) is 27.9 Å². The summed E-state index contributed by atoms with van der Waals surface area (Å²) in [7, 11) is 0. The van der Waals surface area contributed by atoms with Crippen LogP contribution < -0.4 is 11.5 Å². The van der Waals surface area contributed by atoms with Crippen molar-refractivity contribution in [2.24, 2.45) is 17.4 Å². The molecule has 0 aliphatic heterocycles. The number of hydrogen-bond acceptors (Lipinski definition) is 4. The first-order valence-electron chi connectivity index (χ1n) is 4.29. The molecule has 0 saturated heterocycles. The molecule has 6 N–H and O–H groups in total. The fourth-order valence-electron chi connectivity index (χ4n) is 1.23. The van der Waals surface area contributed by atoms with Crippen LogP contribution in [0.25, 0.3) is 0 Å². The summed E-state index contributed by atoms with van der Waals surface area (Å²) in [6.45, 7) is 0. The van der Waals surface area contributed by atoms with Crippen molar-refractivity contribution in [2.45, 2.75) is 18.2 Å².